The lowest BCUT2D eigenvalue weighted by Crippen LogP contribution is -2.10. The first-order valence-corrected chi connectivity index (χ1v) is 7.11. The molecule has 0 radical (unpaired) electrons. The zero-order chi connectivity index (χ0) is 15.0. The summed E-state index contributed by atoms with van der Waals surface area (Å²) >= 11 is 0. The van der Waals surface area contributed by atoms with E-state index in [0.717, 1.165) is 22.7 Å². The lowest BCUT2D eigenvalue weighted by Gasteiger charge is -2.19. The number of hydrogen-bond acceptors (Lipinski definition) is 3. The maximum atomic E-state index is 4.47. The molecule has 2 heterocycles. The fraction of sp³-hybridized carbons (Fsp3) is 0.294. The van der Waals surface area contributed by atoms with Gasteiger partial charge in [0.25, 0.3) is 0 Å². The molecule has 3 rings (SSSR count). The van der Waals surface area contributed by atoms with E-state index in [4.69, 9.17) is 0 Å². The van der Waals surface area contributed by atoms with E-state index in [1.54, 1.807) is 6.20 Å². The number of rotatable bonds is 2. The summed E-state index contributed by atoms with van der Waals surface area (Å²) in [6.07, 6.45) is 5.62. The number of aromatic nitrogens is 3. The van der Waals surface area contributed by atoms with E-state index in [0.29, 0.717) is 0 Å². The second-order valence-corrected chi connectivity index (χ2v) is 6.19. The lowest BCUT2D eigenvalue weighted by molar-refractivity contribution is 0.590. The zero-order valence-corrected chi connectivity index (χ0v) is 12.9. The molecule has 2 aromatic heterocycles. The van der Waals surface area contributed by atoms with Crippen LogP contribution in [0.2, 0.25) is 0 Å². The minimum absolute atomic E-state index is 0.168. The van der Waals surface area contributed by atoms with Crippen LogP contribution in [-0.2, 0) is 5.41 Å². The molecule has 0 spiro atoms. The van der Waals surface area contributed by atoms with E-state index < -0.39 is 0 Å². The number of fused-ring (bicyclic) bond motifs is 1. The fourth-order valence-electron chi connectivity index (χ4n) is 2.45. The topological polar surface area (TPSA) is 42.2 Å². The molecule has 0 unspecified atom stereocenters. The summed E-state index contributed by atoms with van der Waals surface area (Å²) < 4.78 is 2.06. The van der Waals surface area contributed by atoms with E-state index in [9.17, 15) is 0 Å². The van der Waals surface area contributed by atoms with Crippen molar-refractivity contribution in [3.8, 4) is 11.3 Å². The first kappa shape index (κ1) is 13.6. The fourth-order valence-corrected chi connectivity index (χ4v) is 2.45. The average Bonchev–Trinajstić information content (AvgIpc) is 2.90. The van der Waals surface area contributed by atoms with Crippen molar-refractivity contribution in [2.75, 3.05) is 12.4 Å². The van der Waals surface area contributed by atoms with Gasteiger partial charge in [0.2, 0.25) is 0 Å². The molecule has 1 N–H and O–H groups in total. The number of imidazole rings is 1. The summed E-state index contributed by atoms with van der Waals surface area (Å²) in [5.74, 6) is 0.787. The van der Waals surface area contributed by atoms with Gasteiger partial charge in [0.15, 0.2) is 11.5 Å². The summed E-state index contributed by atoms with van der Waals surface area (Å²) in [4.78, 5) is 8.76. The van der Waals surface area contributed by atoms with Gasteiger partial charge in [0.05, 0.1) is 11.9 Å². The van der Waals surface area contributed by atoms with Crippen molar-refractivity contribution in [3.05, 3.63) is 48.4 Å². The number of nitrogens with one attached hydrogen (secondary N) is 1. The summed E-state index contributed by atoms with van der Waals surface area (Å²) in [5, 5.41) is 3.07. The molecular weight excluding hydrogens is 260 g/mol. The Morgan fingerprint density at radius 2 is 1.76 bits per heavy atom. The van der Waals surface area contributed by atoms with Crippen LogP contribution in [-0.4, -0.2) is 21.4 Å². The Bertz CT molecular complexity index is 764. The van der Waals surface area contributed by atoms with Gasteiger partial charge in [-0.05, 0) is 11.0 Å². The van der Waals surface area contributed by atoms with Gasteiger partial charge in [-0.3, -0.25) is 4.40 Å². The van der Waals surface area contributed by atoms with Crippen LogP contribution in [0.15, 0.2) is 42.9 Å². The van der Waals surface area contributed by atoms with Crippen LogP contribution in [0.5, 0.6) is 0 Å². The third kappa shape index (κ3) is 2.37. The predicted molar refractivity (Wildman–Crippen MR) is 86.7 cm³/mol. The van der Waals surface area contributed by atoms with Gasteiger partial charge < -0.3 is 5.32 Å². The van der Waals surface area contributed by atoms with Crippen molar-refractivity contribution in [2.45, 2.75) is 26.2 Å². The van der Waals surface area contributed by atoms with Crippen molar-refractivity contribution in [3.63, 3.8) is 0 Å². The first-order valence-electron chi connectivity index (χ1n) is 7.11. The molecule has 108 valence electrons. The quantitative estimate of drug-likeness (QED) is 0.777. The Morgan fingerprint density at radius 3 is 2.38 bits per heavy atom. The van der Waals surface area contributed by atoms with Crippen molar-refractivity contribution in [2.24, 2.45) is 0 Å². The average molecular weight is 280 g/mol. The number of anilines is 1. The standard InChI is InChI=1S/C17H20N4/c1-17(2,3)13-7-5-12(6-8-13)14-11-20-16-15(18-4)19-9-10-21(14)16/h5-11H,1-4H3,(H,18,19). The number of hydrogen-bond donors (Lipinski definition) is 1. The van der Waals surface area contributed by atoms with Gasteiger partial charge >= 0.3 is 0 Å². The van der Waals surface area contributed by atoms with Crippen LogP contribution in [0, 0.1) is 0 Å². The lowest BCUT2D eigenvalue weighted by atomic mass is 9.86. The molecule has 0 bridgehead atoms. The third-order valence-electron chi connectivity index (χ3n) is 3.71. The van der Waals surface area contributed by atoms with Gasteiger partial charge in [-0.2, -0.15) is 0 Å². The Morgan fingerprint density at radius 1 is 1.05 bits per heavy atom. The third-order valence-corrected chi connectivity index (χ3v) is 3.71. The normalized spacial score (nSPS) is 11.8. The highest BCUT2D eigenvalue weighted by Crippen LogP contribution is 2.27. The van der Waals surface area contributed by atoms with Gasteiger partial charge in [-0.25, -0.2) is 9.97 Å². The van der Waals surface area contributed by atoms with Crippen molar-refractivity contribution in [1.82, 2.24) is 14.4 Å². The van der Waals surface area contributed by atoms with Gasteiger partial charge in [-0.15, -0.1) is 0 Å². The Hall–Kier alpha value is -2.36. The van der Waals surface area contributed by atoms with Gasteiger partial charge in [0, 0.05) is 25.0 Å². The van der Waals surface area contributed by atoms with Crippen molar-refractivity contribution >= 4 is 11.5 Å². The smallest absolute Gasteiger partial charge is 0.180 e. The van der Waals surface area contributed by atoms with Crippen LogP contribution in [0.25, 0.3) is 16.9 Å². The summed E-state index contributed by atoms with van der Waals surface area (Å²) in [7, 11) is 1.86. The van der Waals surface area contributed by atoms with Gasteiger partial charge in [0.1, 0.15) is 0 Å². The molecule has 0 saturated carbocycles. The molecule has 0 aliphatic heterocycles. The second-order valence-electron chi connectivity index (χ2n) is 6.19. The van der Waals surface area contributed by atoms with Crippen molar-refractivity contribution < 1.29 is 0 Å². The molecule has 0 amide bonds. The molecule has 0 atom stereocenters. The monoisotopic (exact) mass is 280 g/mol. The summed E-state index contributed by atoms with van der Waals surface area (Å²) in [6.45, 7) is 6.67. The molecule has 0 aliphatic carbocycles. The van der Waals surface area contributed by atoms with E-state index >= 15 is 0 Å². The second kappa shape index (κ2) is 4.88. The molecule has 0 fully saturated rings. The predicted octanol–water partition coefficient (Wildman–Crippen LogP) is 3.74. The van der Waals surface area contributed by atoms with E-state index in [1.807, 2.05) is 19.4 Å². The molecule has 0 saturated heterocycles. The van der Waals surface area contributed by atoms with Crippen LogP contribution in [0.3, 0.4) is 0 Å². The molecule has 21 heavy (non-hydrogen) atoms. The first-order chi connectivity index (χ1) is 10.0. The maximum absolute atomic E-state index is 4.47. The maximum Gasteiger partial charge on any atom is 0.180 e. The van der Waals surface area contributed by atoms with Crippen LogP contribution in [0.4, 0.5) is 5.82 Å². The minimum atomic E-state index is 0.168. The summed E-state index contributed by atoms with van der Waals surface area (Å²) in [5.41, 5.74) is 4.57. The van der Waals surface area contributed by atoms with E-state index in [1.165, 1.54) is 5.56 Å². The Kier molecular flexibility index (Phi) is 3.16. The molecule has 4 heteroatoms. The Labute approximate surface area is 124 Å². The highest BCUT2D eigenvalue weighted by molar-refractivity contribution is 5.70. The Balaban J connectivity index is 2.09. The molecule has 1 aromatic carbocycles. The molecular formula is C17H20N4. The van der Waals surface area contributed by atoms with E-state index in [-0.39, 0.29) is 5.41 Å². The molecule has 0 aliphatic rings. The summed E-state index contributed by atoms with van der Waals surface area (Å²) in [6, 6.07) is 8.69. The van der Waals surface area contributed by atoms with Crippen LogP contribution < -0.4 is 5.32 Å². The highest BCUT2D eigenvalue weighted by Gasteiger charge is 2.14. The van der Waals surface area contributed by atoms with Gasteiger partial charge in [-0.1, -0.05) is 45.0 Å². The zero-order valence-electron chi connectivity index (χ0n) is 12.9. The van der Waals surface area contributed by atoms with Crippen LogP contribution in [0.1, 0.15) is 26.3 Å². The molecule has 3 aromatic rings. The van der Waals surface area contributed by atoms with Crippen molar-refractivity contribution in [1.29, 1.82) is 0 Å². The highest BCUT2D eigenvalue weighted by atomic mass is 15.1. The van der Waals surface area contributed by atoms with Crippen LogP contribution >= 0.6 is 0 Å². The number of benzene rings is 1. The number of nitrogens with zero attached hydrogens (tertiary/aromatic N) is 3. The largest absolute Gasteiger partial charge is 0.370 e. The van der Waals surface area contributed by atoms with E-state index in [2.05, 4.69) is 64.7 Å². The molecule has 4 nitrogen and oxygen atoms in total. The minimum Gasteiger partial charge on any atom is -0.370 e. The SMILES string of the molecule is CNc1nccn2c(-c3ccc(C(C)(C)C)cc3)cnc12.